The number of fused-ring (bicyclic) bond motifs is 5. The largest absolute Gasteiger partial charge is 0.496 e. The van der Waals surface area contributed by atoms with Gasteiger partial charge in [-0.1, -0.05) is 32.8 Å². The fourth-order valence-electron chi connectivity index (χ4n) is 9.48. The van der Waals surface area contributed by atoms with Crippen LogP contribution in [0.2, 0.25) is 0 Å². The lowest BCUT2D eigenvalue weighted by Gasteiger charge is -2.32. The lowest BCUT2D eigenvalue weighted by atomic mass is 9.87. The second-order valence-electron chi connectivity index (χ2n) is 17.9. The number of carbonyl (C=O) groups excluding carboxylic acids is 4. The molecule has 5 fully saturated rings. The number of amides is 4. The Labute approximate surface area is 339 Å². The molecule has 314 valence electrons. The number of hydrogen-bond donors (Lipinski definition) is 3. The van der Waals surface area contributed by atoms with Crippen molar-refractivity contribution in [3.8, 4) is 17.4 Å². The van der Waals surface area contributed by atoms with Crippen molar-refractivity contribution in [1.29, 1.82) is 0 Å². The SMILES string of the molecule is C=C[C@@H]1C[C@]1(NC(=O)[C@@H]1C[C@@H]2CN1C(=O)[C@H](C1CCCC1)NC(=O)OCC(C)(C)C[C@@H]1C[C@@H]1c1cc3c(cc(OCC)nc3cc1OC)O2)C(=O)NS(=O)(=O)C1CC1. The summed E-state index contributed by atoms with van der Waals surface area (Å²) < 4.78 is 52.2. The van der Waals surface area contributed by atoms with Gasteiger partial charge in [0.2, 0.25) is 27.7 Å². The average Bonchev–Trinajstić information content (AvgIpc) is 4.15. The fourth-order valence-corrected chi connectivity index (χ4v) is 10.8. The summed E-state index contributed by atoms with van der Waals surface area (Å²) in [5.41, 5.74) is -0.298. The zero-order chi connectivity index (χ0) is 41.1. The van der Waals surface area contributed by atoms with Crippen LogP contribution in [-0.4, -0.2) is 98.0 Å². The number of benzene rings is 1. The second-order valence-corrected chi connectivity index (χ2v) is 19.8. The van der Waals surface area contributed by atoms with Crippen LogP contribution in [0.3, 0.4) is 0 Å². The number of ether oxygens (including phenoxy) is 4. The van der Waals surface area contributed by atoms with Crippen molar-refractivity contribution < 1.29 is 46.5 Å². The van der Waals surface area contributed by atoms with Gasteiger partial charge >= 0.3 is 6.09 Å². The van der Waals surface area contributed by atoms with E-state index in [-0.39, 0.29) is 43.2 Å². The molecule has 0 spiro atoms. The molecule has 4 saturated carbocycles. The van der Waals surface area contributed by atoms with Crippen LogP contribution in [0.1, 0.15) is 96.5 Å². The quantitative estimate of drug-likeness (QED) is 0.287. The molecule has 1 aromatic heterocycles. The highest BCUT2D eigenvalue weighted by atomic mass is 32.2. The highest BCUT2D eigenvalue weighted by molar-refractivity contribution is 7.91. The molecule has 15 nitrogen and oxygen atoms in total. The molecule has 1 saturated heterocycles. The number of carbonyl (C=O) groups is 4. The maximum absolute atomic E-state index is 14.9. The Hall–Kier alpha value is -4.60. The minimum absolute atomic E-state index is 0.00840. The highest BCUT2D eigenvalue weighted by Crippen LogP contribution is 2.56. The third-order valence-electron chi connectivity index (χ3n) is 12.9. The van der Waals surface area contributed by atoms with E-state index >= 15 is 0 Å². The molecule has 3 N–H and O–H groups in total. The van der Waals surface area contributed by atoms with Gasteiger partial charge in [-0.3, -0.25) is 19.1 Å². The monoisotopic (exact) mass is 821 g/mol. The van der Waals surface area contributed by atoms with Crippen molar-refractivity contribution in [3.05, 3.63) is 36.4 Å². The van der Waals surface area contributed by atoms with Gasteiger partial charge in [0.1, 0.15) is 35.2 Å². The summed E-state index contributed by atoms with van der Waals surface area (Å²) in [7, 11) is -2.27. The Kier molecular flexibility index (Phi) is 10.5. The number of cyclic esters (lactones) is 1. The molecule has 1 aromatic carbocycles. The van der Waals surface area contributed by atoms with Crippen molar-refractivity contribution >= 4 is 44.7 Å². The average molecular weight is 822 g/mol. The van der Waals surface area contributed by atoms with Gasteiger partial charge in [0.05, 0.1) is 37.6 Å². The number of methoxy groups -OCH3 is 1. The van der Waals surface area contributed by atoms with Crippen molar-refractivity contribution in [1.82, 2.24) is 25.2 Å². The predicted molar refractivity (Wildman–Crippen MR) is 213 cm³/mol. The van der Waals surface area contributed by atoms with Crippen molar-refractivity contribution in [2.24, 2.45) is 23.2 Å². The summed E-state index contributed by atoms with van der Waals surface area (Å²) in [6.07, 6.45) is 6.19. The molecule has 7 atom stereocenters. The summed E-state index contributed by atoms with van der Waals surface area (Å²) in [6.45, 7) is 10.3. The maximum atomic E-state index is 14.9. The first kappa shape index (κ1) is 40.2. The van der Waals surface area contributed by atoms with Crippen LogP contribution < -0.4 is 29.6 Å². The number of sulfonamides is 1. The minimum Gasteiger partial charge on any atom is -0.496 e. The summed E-state index contributed by atoms with van der Waals surface area (Å²) in [6, 6.07) is 3.57. The lowest BCUT2D eigenvalue weighted by Crippen LogP contribution is -2.59. The number of nitrogens with one attached hydrogen (secondary N) is 3. The molecule has 58 heavy (non-hydrogen) atoms. The number of nitrogens with zero attached hydrogens (tertiary/aromatic N) is 2. The first-order valence-corrected chi connectivity index (χ1v) is 22.3. The third-order valence-corrected chi connectivity index (χ3v) is 14.7. The number of rotatable bonds is 10. The van der Waals surface area contributed by atoms with E-state index in [1.165, 1.54) is 11.0 Å². The molecular weight excluding hydrogens is 767 g/mol. The summed E-state index contributed by atoms with van der Waals surface area (Å²) in [5, 5.41) is 5.84. The van der Waals surface area contributed by atoms with Crippen LogP contribution in [-0.2, 0) is 29.1 Å². The molecule has 2 aliphatic heterocycles. The van der Waals surface area contributed by atoms with Crippen molar-refractivity contribution in [3.63, 3.8) is 0 Å². The normalized spacial score (nSPS) is 30.9. The lowest BCUT2D eigenvalue weighted by molar-refractivity contribution is -0.142. The van der Waals surface area contributed by atoms with Crippen LogP contribution in [0.4, 0.5) is 4.79 Å². The topological polar surface area (TPSA) is 192 Å². The second kappa shape index (κ2) is 15.2. The van der Waals surface area contributed by atoms with Crippen molar-refractivity contribution in [2.45, 2.75) is 120 Å². The van der Waals surface area contributed by atoms with Crippen LogP contribution in [0, 0.1) is 23.2 Å². The molecule has 0 radical (unpaired) electrons. The maximum Gasteiger partial charge on any atom is 0.407 e. The zero-order valence-corrected chi connectivity index (χ0v) is 34.5. The Morgan fingerprint density at radius 1 is 1.09 bits per heavy atom. The van der Waals surface area contributed by atoms with E-state index in [1.807, 2.05) is 13.0 Å². The van der Waals surface area contributed by atoms with Gasteiger partial charge in [-0.05, 0) is 86.7 Å². The van der Waals surface area contributed by atoms with E-state index in [0.717, 1.165) is 36.6 Å². The van der Waals surface area contributed by atoms with E-state index in [9.17, 15) is 27.6 Å². The van der Waals surface area contributed by atoms with Crippen LogP contribution in [0.5, 0.6) is 17.4 Å². The predicted octanol–water partition coefficient (Wildman–Crippen LogP) is 4.48. The van der Waals surface area contributed by atoms with E-state index in [4.69, 9.17) is 23.9 Å². The van der Waals surface area contributed by atoms with Crippen molar-refractivity contribution in [2.75, 3.05) is 26.9 Å². The molecule has 4 aliphatic carbocycles. The van der Waals surface area contributed by atoms with Gasteiger partial charge in [0.15, 0.2) is 0 Å². The molecule has 6 aliphatic rings. The molecule has 8 rings (SSSR count). The molecule has 3 heterocycles. The minimum atomic E-state index is -3.91. The van der Waals surface area contributed by atoms with E-state index < -0.39 is 68.7 Å². The number of aromatic nitrogens is 1. The van der Waals surface area contributed by atoms with Gasteiger partial charge in [-0.2, -0.15) is 0 Å². The Balaban J connectivity index is 1.17. The standard InChI is InChI=1S/C42H55N5O10S/c1-6-25-20-42(25,39(50)46-58(52,53)27-12-13-27)45-37(48)32-15-26-21-47(32)38(49)36(23-10-8-9-11-23)44-40(51)56-22-41(3,4)19-24-14-28(24)29-16-30-31(17-33(29)54-5)43-35(55-7-2)18-34(30)57-26/h6,16-18,23-28,32,36H,1,7-15,19-22H2,2-5H3,(H,44,51)(H,45,48)(H,46,50)/t24-,25+,26+,28-,32-,36-,42+/m0/s1. The van der Waals surface area contributed by atoms with Crippen LogP contribution in [0.15, 0.2) is 30.9 Å². The van der Waals surface area contributed by atoms with Crippen LogP contribution >= 0.6 is 0 Å². The molecule has 4 amide bonds. The van der Waals surface area contributed by atoms with Gasteiger partial charge in [0, 0.05) is 29.9 Å². The third kappa shape index (κ3) is 7.92. The number of pyridine rings is 1. The molecule has 4 bridgehead atoms. The van der Waals surface area contributed by atoms with Gasteiger partial charge in [0.25, 0.3) is 5.91 Å². The van der Waals surface area contributed by atoms with E-state index in [1.54, 1.807) is 13.2 Å². The van der Waals surface area contributed by atoms with Crippen LogP contribution in [0.25, 0.3) is 10.9 Å². The first-order valence-electron chi connectivity index (χ1n) is 20.7. The Morgan fingerprint density at radius 2 is 1.84 bits per heavy atom. The Morgan fingerprint density at radius 3 is 2.52 bits per heavy atom. The highest BCUT2D eigenvalue weighted by Gasteiger charge is 2.62. The van der Waals surface area contributed by atoms with Gasteiger partial charge < -0.3 is 34.5 Å². The smallest absolute Gasteiger partial charge is 0.407 e. The number of alkyl carbamates (subject to hydrolysis) is 1. The van der Waals surface area contributed by atoms with Gasteiger partial charge in [-0.25, -0.2) is 18.2 Å². The first-order chi connectivity index (χ1) is 27.6. The molecular formula is C42H55N5O10S. The van der Waals surface area contributed by atoms with E-state index in [0.29, 0.717) is 61.1 Å². The Bertz CT molecular complexity index is 2120. The summed E-state index contributed by atoms with van der Waals surface area (Å²) >= 11 is 0. The number of hydrogen-bond acceptors (Lipinski definition) is 11. The molecule has 0 unspecified atom stereocenters. The molecule has 2 aromatic rings. The summed E-state index contributed by atoms with van der Waals surface area (Å²) in [5.74, 6) is -0.574. The zero-order valence-electron chi connectivity index (χ0n) is 33.7. The molecule has 16 heteroatoms. The van der Waals surface area contributed by atoms with Gasteiger partial charge in [-0.15, -0.1) is 6.58 Å². The summed E-state index contributed by atoms with van der Waals surface area (Å²) in [4.78, 5) is 62.8. The van der Waals surface area contributed by atoms with E-state index in [2.05, 4.69) is 41.8 Å². The fraction of sp³-hybridized carbons (Fsp3) is 0.643.